The van der Waals surface area contributed by atoms with Crippen molar-refractivity contribution in [1.29, 1.82) is 0 Å². The molecule has 2 rings (SSSR count). The second-order valence-electron chi connectivity index (χ2n) is 6.55. The maximum absolute atomic E-state index is 3.99. The lowest BCUT2D eigenvalue weighted by molar-refractivity contribution is 0.410. The first-order chi connectivity index (χ1) is 10.1. The Balaban J connectivity index is 2.03. The molecule has 0 aliphatic rings. The predicted molar refractivity (Wildman–Crippen MR) is 88.0 cm³/mol. The fraction of sp³-hybridized carbons (Fsp3) is 0.500. The summed E-state index contributed by atoms with van der Waals surface area (Å²) in [6.07, 6.45) is 4.96. The van der Waals surface area contributed by atoms with Gasteiger partial charge in [0.1, 0.15) is 0 Å². The highest BCUT2D eigenvalue weighted by molar-refractivity contribution is 5.26. The number of nitrogens with zero attached hydrogens (tertiary/aromatic N) is 1. The van der Waals surface area contributed by atoms with Crippen molar-refractivity contribution >= 4 is 0 Å². The summed E-state index contributed by atoms with van der Waals surface area (Å²) in [5.41, 5.74) is 3.98. The molecule has 3 heteroatoms. The number of aromatic amines is 1. The zero-order chi connectivity index (χ0) is 15.2. The van der Waals surface area contributed by atoms with Gasteiger partial charge in [-0.2, -0.15) is 5.10 Å². The van der Waals surface area contributed by atoms with Crippen molar-refractivity contribution in [1.82, 2.24) is 15.5 Å². The lowest BCUT2D eigenvalue weighted by Crippen LogP contribution is -2.25. The Morgan fingerprint density at radius 2 is 1.76 bits per heavy atom. The molecule has 0 aliphatic carbocycles. The Morgan fingerprint density at radius 3 is 2.29 bits per heavy atom. The standard InChI is InChI=1S/C18H27N3/c1-13(2)9-15-5-7-17(8-6-15)18(14(3)4)19-10-16-11-20-21-12-16/h5-8,11-14,18-19H,9-10H2,1-4H3,(H,20,21). The molecule has 0 saturated heterocycles. The number of benzene rings is 1. The monoisotopic (exact) mass is 285 g/mol. The quantitative estimate of drug-likeness (QED) is 0.804. The molecule has 0 spiro atoms. The van der Waals surface area contributed by atoms with E-state index in [0.717, 1.165) is 13.0 Å². The Labute approximate surface area is 128 Å². The van der Waals surface area contributed by atoms with E-state index in [9.17, 15) is 0 Å². The van der Waals surface area contributed by atoms with Crippen molar-refractivity contribution < 1.29 is 0 Å². The molecule has 0 amide bonds. The minimum atomic E-state index is 0.369. The summed E-state index contributed by atoms with van der Waals surface area (Å²) in [4.78, 5) is 0. The Bertz CT molecular complexity index is 512. The predicted octanol–water partition coefficient (Wildman–Crippen LogP) is 4.10. The molecule has 1 aromatic heterocycles. The Kier molecular flexibility index (Phi) is 5.57. The van der Waals surface area contributed by atoms with Crippen molar-refractivity contribution in [3.05, 3.63) is 53.3 Å². The van der Waals surface area contributed by atoms with Crippen LogP contribution >= 0.6 is 0 Å². The van der Waals surface area contributed by atoms with Gasteiger partial charge in [0.15, 0.2) is 0 Å². The van der Waals surface area contributed by atoms with Gasteiger partial charge in [0.05, 0.1) is 6.20 Å². The topological polar surface area (TPSA) is 40.7 Å². The average molecular weight is 285 g/mol. The first-order valence-corrected chi connectivity index (χ1v) is 7.86. The summed E-state index contributed by atoms with van der Waals surface area (Å²) < 4.78 is 0. The van der Waals surface area contributed by atoms with E-state index in [1.807, 2.05) is 12.4 Å². The number of hydrogen-bond acceptors (Lipinski definition) is 2. The van der Waals surface area contributed by atoms with E-state index in [1.54, 1.807) is 0 Å². The molecule has 1 unspecified atom stereocenters. The molecule has 21 heavy (non-hydrogen) atoms. The van der Waals surface area contributed by atoms with Crippen molar-refractivity contribution in [3.63, 3.8) is 0 Å². The van der Waals surface area contributed by atoms with Gasteiger partial charge in [-0.15, -0.1) is 0 Å². The van der Waals surface area contributed by atoms with Gasteiger partial charge in [-0.05, 0) is 29.4 Å². The highest BCUT2D eigenvalue weighted by atomic mass is 15.1. The van der Waals surface area contributed by atoms with E-state index < -0.39 is 0 Å². The molecule has 2 N–H and O–H groups in total. The van der Waals surface area contributed by atoms with Gasteiger partial charge in [0.2, 0.25) is 0 Å². The Hall–Kier alpha value is -1.61. The van der Waals surface area contributed by atoms with Gasteiger partial charge in [-0.25, -0.2) is 0 Å². The molecule has 0 bridgehead atoms. The fourth-order valence-electron chi connectivity index (χ4n) is 2.67. The summed E-state index contributed by atoms with van der Waals surface area (Å²) in [5.74, 6) is 1.25. The van der Waals surface area contributed by atoms with Crippen LogP contribution in [0.4, 0.5) is 0 Å². The molecule has 1 atom stereocenters. The maximum atomic E-state index is 3.99. The third kappa shape index (κ3) is 4.71. The van der Waals surface area contributed by atoms with Gasteiger partial charge in [0, 0.05) is 24.3 Å². The van der Waals surface area contributed by atoms with Gasteiger partial charge in [-0.3, -0.25) is 5.10 Å². The molecule has 1 heterocycles. The van der Waals surface area contributed by atoms with E-state index in [4.69, 9.17) is 0 Å². The molecule has 114 valence electrons. The maximum Gasteiger partial charge on any atom is 0.0532 e. The van der Waals surface area contributed by atoms with Crippen LogP contribution in [0, 0.1) is 11.8 Å². The van der Waals surface area contributed by atoms with Gasteiger partial charge < -0.3 is 5.32 Å². The molecular formula is C18H27N3. The summed E-state index contributed by atoms with van der Waals surface area (Å²) in [6.45, 7) is 9.88. The number of nitrogens with one attached hydrogen (secondary N) is 2. The molecular weight excluding hydrogens is 258 g/mol. The molecule has 1 aromatic carbocycles. The molecule has 0 radical (unpaired) electrons. The van der Waals surface area contributed by atoms with Crippen molar-refractivity contribution in [2.24, 2.45) is 11.8 Å². The van der Waals surface area contributed by atoms with Crippen LogP contribution in [0.15, 0.2) is 36.7 Å². The minimum Gasteiger partial charge on any atom is -0.306 e. The fourth-order valence-corrected chi connectivity index (χ4v) is 2.67. The highest BCUT2D eigenvalue weighted by Gasteiger charge is 2.15. The molecule has 3 nitrogen and oxygen atoms in total. The molecule has 0 saturated carbocycles. The number of hydrogen-bond donors (Lipinski definition) is 2. The normalized spacial score (nSPS) is 13.0. The van der Waals surface area contributed by atoms with Crippen LogP contribution in [0.2, 0.25) is 0 Å². The van der Waals surface area contributed by atoms with Crippen LogP contribution in [-0.2, 0) is 13.0 Å². The minimum absolute atomic E-state index is 0.369. The molecule has 0 aliphatic heterocycles. The second kappa shape index (κ2) is 7.41. The molecule has 2 aromatic rings. The largest absolute Gasteiger partial charge is 0.306 e. The third-order valence-electron chi connectivity index (χ3n) is 3.73. The van der Waals surface area contributed by atoms with E-state index in [0.29, 0.717) is 17.9 Å². The van der Waals surface area contributed by atoms with Crippen LogP contribution in [0.5, 0.6) is 0 Å². The molecule has 0 fully saturated rings. The van der Waals surface area contributed by atoms with Gasteiger partial charge in [0.25, 0.3) is 0 Å². The summed E-state index contributed by atoms with van der Waals surface area (Å²) in [6, 6.07) is 9.44. The van der Waals surface area contributed by atoms with Crippen LogP contribution in [0.3, 0.4) is 0 Å². The van der Waals surface area contributed by atoms with E-state index in [-0.39, 0.29) is 0 Å². The lowest BCUT2D eigenvalue weighted by atomic mass is 9.93. The summed E-state index contributed by atoms with van der Waals surface area (Å²) in [5, 5.41) is 10.5. The van der Waals surface area contributed by atoms with Gasteiger partial charge in [-0.1, -0.05) is 52.0 Å². The van der Waals surface area contributed by atoms with Gasteiger partial charge >= 0.3 is 0 Å². The van der Waals surface area contributed by atoms with Crippen molar-refractivity contribution in [2.45, 2.75) is 46.7 Å². The number of aromatic nitrogens is 2. The number of H-pyrrole nitrogens is 1. The summed E-state index contributed by atoms with van der Waals surface area (Å²) in [7, 11) is 0. The zero-order valence-corrected chi connectivity index (χ0v) is 13.6. The third-order valence-corrected chi connectivity index (χ3v) is 3.73. The van der Waals surface area contributed by atoms with E-state index in [2.05, 4.69) is 67.5 Å². The zero-order valence-electron chi connectivity index (χ0n) is 13.6. The van der Waals surface area contributed by atoms with Crippen LogP contribution in [-0.4, -0.2) is 10.2 Å². The number of rotatable bonds is 7. The van der Waals surface area contributed by atoms with E-state index in [1.165, 1.54) is 16.7 Å². The summed E-state index contributed by atoms with van der Waals surface area (Å²) >= 11 is 0. The van der Waals surface area contributed by atoms with Crippen molar-refractivity contribution in [3.8, 4) is 0 Å². The SMILES string of the molecule is CC(C)Cc1ccc(C(NCc2cn[nH]c2)C(C)C)cc1. The van der Waals surface area contributed by atoms with Crippen LogP contribution < -0.4 is 5.32 Å². The first kappa shape index (κ1) is 15.8. The second-order valence-corrected chi connectivity index (χ2v) is 6.55. The van der Waals surface area contributed by atoms with E-state index >= 15 is 0 Å². The Morgan fingerprint density at radius 1 is 1.05 bits per heavy atom. The first-order valence-electron chi connectivity index (χ1n) is 7.86. The average Bonchev–Trinajstić information content (AvgIpc) is 2.93. The van der Waals surface area contributed by atoms with Crippen LogP contribution in [0.25, 0.3) is 0 Å². The smallest absolute Gasteiger partial charge is 0.0532 e. The highest BCUT2D eigenvalue weighted by Crippen LogP contribution is 2.23. The van der Waals surface area contributed by atoms with Crippen molar-refractivity contribution in [2.75, 3.05) is 0 Å². The lowest BCUT2D eigenvalue weighted by Gasteiger charge is -2.23. The van der Waals surface area contributed by atoms with Crippen LogP contribution in [0.1, 0.15) is 50.4 Å².